The number of nitrogens with zero attached hydrogens (tertiary/aromatic N) is 2. The minimum absolute atomic E-state index is 0.0692. The van der Waals surface area contributed by atoms with Crippen molar-refractivity contribution < 1.29 is 27.9 Å². The molecule has 120 valence electrons. The molecule has 0 bridgehead atoms. The lowest BCUT2D eigenvalue weighted by Gasteiger charge is -2.30. The zero-order valence-electron chi connectivity index (χ0n) is 11.9. The number of rotatable bonds is 5. The van der Waals surface area contributed by atoms with E-state index in [1.165, 1.54) is 14.1 Å². The van der Waals surface area contributed by atoms with Gasteiger partial charge in [-0.1, -0.05) is 0 Å². The molecular weight excluding hydrogens is 302 g/mol. The van der Waals surface area contributed by atoms with Crippen LogP contribution in [0.2, 0.25) is 0 Å². The molecule has 0 spiro atoms. The molecule has 1 fully saturated rings. The maximum Gasteiger partial charge on any atom is 0.323 e. The van der Waals surface area contributed by atoms with E-state index in [1.807, 2.05) is 0 Å². The molecule has 1 aliphatic rings. The van der Waals surface area contributed by atoms with E-state index in [0.717, 1.165) is 9.80 Å². The highest BCUT2D eigenvalue weighted by molar-refractivity contribution is 7.91. The molecule has 0 aliphatic carbocycles. The molecule has 3 amide bonds. The molecule has 0 aromatic heterocycles. The minimum Gasteiger partial charge on any atom is -0.480 e. The Balaban J connectivity index is 2.84. The molecule has 0 aromatic rings. The molecule has 1 saturated heterocycles. The van der Waals surface area contributed by atoms with E-state index < -0.39 is 40.3 Å². The van der Waals surface area contributed by atoms with Crippen LogP contribution < -0.4 is 5.32 Å². The van der Waals surface area contributed by atoms with Crippen molar-refractivity contribution in [1.82, 2.24) is 15.1 Å². The molecule has 0 radical (unpaired) electrons. The van der Waals surface area contributed by atoms with E-state index in [0.29, 0.717) is 0 Å². The summed E-state index contributed by atoms with van der Waals surface area (Å²) in [6.45, 7) is -0.831. The van der Waals surface area contributed by atoms with Crippen LogP contribution in [-0.2, 0) is 19.4 Å². The summed E-state index contributed by atoms with van der Waals surface area (Å²) >= 11 is 0. The Hall–Kier alpha value is -1.84. The zero-order valence-corrected chi connectivity index (χ0v) is 12.7. The summed E-state index contributed by atoms with van der Waals surface area (Å²) in [7, 11) is -0.475. The normalized spacial score (nSPS) is 19.8. The number of urea groups is 1. The number of nitrogens with one attached hydrogen (secondary N) is 1. The van der Waals surface area contributed by atoms with Crippen molar-refractivity contribution in [1.29, 1.82) is 0 Å². The molecule has 0 aromatic carbocycles. The lowest BCUT2D eigenvalue weighted by molar-refractivity contribution is -0.138. The van der Waals surface area contributed by atoms with Gasteiger partial charge in [0.25, 0.3) is 0 Å². The van der Waals surface area contributed by atoms with E-state index in [1.54, 1.807) is 0 Å². The number of hydrogen-bond donors (Lipinski definition) is 2. The van der Waals surface area contributed by atoms with Gasteiger partial charge in [-0.05, 0) is 6.42 Å². The fraction of sp³-hybridized carbons (Fsp3) is 0.727. The van der Waals surface area contributed by atoms with Gasteiger partial charge in [0.2, 0.25) is 5.91 Å². The van der Waals surface area contributed by atoms with Crippen molar-refractivity contribution >= 4 is 27.7 Å². The first-order chi connectivity index (χ1) is 9.66. The van der Waals surface area contributed by atoms with Crippen molar-refractivity contribution in [2.45, 2.75) is 12.5 Å². The van der Waals surface area contributed by atoms with Crippen molar-refractivity contribution in [2.75, 3.05) is 38.7 Å². The second-order valence-corrected chi connectivity index (χ2v) is 7.12. The average Bonchev–Trinajstić information content (AvgIpc) is 2.74. The van der Waals surface area contributed by atoms with Crippen molar-refractivity contribution in [2.24, 2.45) is 0 Å². The topological polar surface area (TPSA) is 124 Å². The first-order valence-corrected chi connectivity index (χ1v) is 8.13. The Bertz CT molecular complexity index is 532. The van der Waals surface area contributed by atoms with Crippen molar-refractivity contribution in [3.05, 3.63) is 0 Å². The molecule has 10 heteroatoms. The van der Waals surface area contributed by atoms with E-state index in [4.69, 9.17) is 5.11 Å². The number of carboxylic acid groups (broad SMARTS) is 1. The second kappa shape index (κ2) is 6.74. The van der Waals surface area contributed by atoms with Gasteiger partial charge in [-0.2, -0.15) is 0 Å². The quantitative estimate of drug-likeness (QED) is 0.626. The van der Waals surface area contributed by atoms with Gasteiger partial charge >= 0.3 is 12.0 Å². The Morgan fingerprint density at radius 2 is 1.90 bits per heavy atom. The van der Waals surface area contributed by atoms with Crippen LogP contribution in [0.15, 0.2) is 0 Å². The lowest BCUT2D eigenvalue weighted by Crippen LogP contribution is -2.51. The lowest BCUT2D eigenvalue weighted by atomic mass is 10.2. The van der Waals surface area contributed by atoms with Gasteiger partial charge < -0.3 is 20.2 Å². The Kier molecular flexibility index (Phi) is 5.53. The monoisotopic (exact) mass is 321 g/mol. The van der Waals surface area contributed by atoms with E-state index >= 15 is 0 Å². The fourth-order valence-electron chi connectivity index (χ4n) is 2.10. The van der Waals surface area contributed by atoms with Crippen LogP contribution in [0.3, 0.4) is 0 Å². The van der Waals surface area contributed by atoms with Crippen LogP contribution in [0.25, 0.3) is 0 Å². The SMILES string of the molecule is CNC(=O)CN(C)C(=O)N(CC(=O)O)C1CCS(=O)(=O)C1. The molecular formula is C11H19N3O6S. The van der Waals surface area contributed by atoms with E-state index in [2.05, 4.69) is 5.32 Å². The molecule has 1 rings (SSSR count). The van der Waals surface area contributed by atoms with Crippen LogP contribution in [0.1, 0.15) is 6.42 Å². The average molecular weight is 321 g/mol. The van der Waals surface area contributed by atoms with E-state index in [9.17, 15) is 22.8 Å². The predicted molar refractivity (Wildman–Crippen MR) is 73.5 cm³/mol. The maximum absolute atomic E-state index is 12.2. The summed E-state index contributed by atoms with van der Waals surface area (Å²) in [6.07, 6.45) is 0.204. The number of hydrogen-bond acceptors (Lipinski definition) is 5. The van der Waals surface area contributed by atoms with Gasteiger partial charge in [0.15, 0.2) is 9.84 Å². The smallest absolute Gasteiger partial charge is 0.323 e. The second-order valence-electron chi connectivity index (χ2n) is 4.89. The van der Waals surface area contributed by atoms with Gasteiger partial charge in [0.05, 0.1) is 11.5 Å². The molecule has 1 atom stereocenters. The van der Waals surface area contributed by atoms with Gasteiger partial charge in [-0.25, -0.2) is 13.2 Å². The van der Waals surface area contributed by atoms with Crippen molar-refractivity contribution in [3.63, 3.8) is 0 Å². The highest BCUT2D eigenvalue weighted by atomic mass is 32.2. The fourth-order valence-corrected chi connectivity index (χ4v) is 3.83. The summed E-state index contributed by atoms with van der Waals surface area (Å²) in [5, 5.41) is 11.2. The third kappa shape index (κ3) is 4.88. The molecule has 1 aliphatic heterocycles. The molecule has 1 unspecified atom stereocenters. The molecule has 0 saturated carbocycles. The largest absolute Gasteiger partial charge is 0.480 e. The van der Waals surface area contributed by atoms with Crippen LogP contribution in [0.4, 0.5) is 4.79 Å². The summed E-state index contributed by atoms with van der Waals surface area (Å²) in [6, 6.07) is -1.35. The Morgan fingerprint density at radius 1 is 1.29 bits per heavy atom. The highest BCUT2D eigenvalue weighted by Crippen LogP contribution is 2.18. The summed E-state index contributed by atoms with van der Waals surface area (Å²) in [5.74, 6) is -1.96. The first kappa shape index (κ1) is 17.2. The van der Waals surface area contributed by atoms with Gasteiger partial charge in [-0.3, -0.25) is 9.59 Å². The zero-order chi connectivity index (χ0) is 16.2. The number of carbonyl (C=O) groups is 3. The molecule has 21 heavy (non-hydrogen) atoms. The van der Waals surface area contributed by atoms with E-state index in [-0.39, 0.29) is 24.5 Å². The van der Waals surface area contributed by atoms with Gasteiger partial charge in [0.1, 0.15) is 13.1 Å². The number of carbonyl (C=O) groups excluding carboxylic acids is 2. The van der Waals surface area contributed by atoms with Crippen molar-refractivity contribution in [3.8, 4) is 0 Å². The summed E-state index contributed by atoms with van der Waals surface area (Å²) in [5.41, 5.74) is 0. The molecule has 9 nitrogen and oxygen atoms in total. The number of aliphatic carboxylic acids is 1. The van der Waals surface area contributed by atoms with Crippen LogP contribution in [0.5, 0.6) is 0 Å². The maximum atomic E-state index is 12.2. The minimum atomic E-state index is -3.25. The Labute approximate surface area is 122 Å². The Morgan fingerprint density at radius 3 is 2.33 bits per heavy atom. The number of sulfone groups is 1. The number of amides is 3. The third-order valence-corrected chi connectivity index (χ3v) is 4.94. The summed E-state index contributed by atoms with van der Waals surface area (Å²) < 4.78 is 23.0. The molecule has 1 heterocycles. The first-order valence-electron chi connectivity index (χ1n) is 6.31. The van der Waals surface area contributed by atoms with Crippen LogP contribution >= 0.6 is 0 Å². The predicted octanol–water partition coefficient (Wildman–Crippen LogP) is -1.64. The standard InChI is InChI=1S/C11H19N3O6S/c1-12-9(15)5-13(2)11(18)14(6-10(16)17)8-3-4-21(19,20)7-8/h8H,3-7H2,1-2H3,(H,12,15)(H,16,17). The van der Waals surface area contributed by atoms with Crippen LogP contribution in [0, 0.1) is 0 Å². The third-order valence-electron chi connectivity index (χ3n) is 3.19. The number of likely N-dealkylation sites (N-methyl/N-ethyl adjacent to an activating group) is 2. The van der Waals surface area contributed by atoms with Gasteiger partial charge in [0, 0.05) is 20.1 Å². The van der Waals surface area contributed by atoms with Gasteiger partial charge in [-0.15, -0.1) is 0 Å². The van der Waals surface area contributed by atoms with Crippen LogP contribution in [-0.4, -0.2) is 86.0 Å². The number of carboxylic acids is 1. The summed E-state index contributed by atoms with van der Waals surface area (Å²) in [4.78, 5) is 36.5. The highest BCUT2D eigenvalue weighted by Gasteiger charge is 2.36. The molecule has 2 N–H and O–H groups in total.